The van der Waals surface area contributed by atoms with Crippen LogP contribution >= 0.6 is 11.6 Å². The van der Waals surface area contributed by atoms with Crippen LogP contribution in [-0.4, -0.2) is 34.4 Å². The van der Waals surface area contributed by atoms with Gasteiger partial charge in [0, 0.05) is 25.9 Å². The van der Waals surface area contributed by atoms with E-state index in [1.54, 1.807) is 0 Å². The molecule has 2 aliphatic heterocycles. The number of halogens is 1. The number of nitrogens with zero attached hydrogens (tertiary/aromatic N) is 3. The minimum absolute atomic E-state index is 0.176. The highest BCUT2D eigenvalue weighted by molar-refractivity contribution is 6.32. The number of aromatic nitrogens is 2. The van der Waals surface area contributed by atoms with E-state index in [4.69, 9.17) is 21.3 Å². The second-order valence-corrected chi connectivity index (χ2v) is 8.52. The number of hydrogen-bond acceptors (Lipinski definition) is 5. The fourth-order valence-corrected chi connectivity index (χ4v) is 4.77. The molecule has 5 nitrogen and oxygen atoms in total. The quantitative estimate of drug-likeness (QED) is 0.574. The van der Waals surface area contributed by atoms with E-state index in [0.29, 0.717) is 17.4 Å². The Morgan fingerprint density at radius 2 is 1.76 bits per heavy atom. The fraction of sp³-hybridized carbons (Fsp3) is 0.348. The number of para-hydroxylation sites is 2. The lowest BCUT2D eigenvalue weighted by Gasteiger charge is -2.44. The molecule has 0 aliphatic carbocycles. The topological polar surface area (TPSA) is 55.3 Å². The number of aryl methyl sites for hydroxylation is 2. The van der Waals surface area contributed by atoms with Crippen molar-refractivity contribution in [2.24, 2.45) is 0 Å². The number of carbonyl (C=O) groups excluding carboxylic acids is 1. The van der Waals surface area contributed by atoms with E-state index in [-0.39, 0.29) is 5.78 Å². The van der Waals surface area contributed by atoms with Crippen molar-refractivity contribution in [1.29, 1.82) is 0 Å². The van der Waals surface area contributed by atoms with Crippen LogP contribution in [0, 0.1) is 13.8 Å². The fourth-order valence-electron chi connectivity index (χ4n) is 4.51. The molecule has 3 heterocycles. The molecular weight excluding hydrogens is 386 g/mol. The SMILES string of the molecule is Cc1cc(C)c2c(c1)C(=O)CC1(CCN(c3nc4ccccc4nc3Cl)CC1)O2. The second-order valence-electron chi connectivity index (χ2n) is 8.16. The number of ether oxygens (including phenoxy) is 1. The van der Waals surface area contributed by atoms with Gasteiger partial charge in [-0.1, -0.05) is 29.8 Å². The smallest absolute Gasteiger partial charge is 0.172 e. The number of Topliss-reactive ketones (excluding diaryl/α,β-unsaturated/α-hetero) is 1. The zero-order valence-electron chi connectivity index (χ0n) is 16.5. The van der Waals surface area contributed by atoms with Gasteiger partial charge in [0.25, 0.3) is 0 Å². The number of hydrogen-bond donors (Lipinski definition) is 0. The van der Waals surface area contributed by atoms with Crippen LogP contribution < -0.4 is 9.64 Å². The molecule has 1 aromatic heterocycles. The highest BCUT2D eigenvalue weighted by atomic mass is 35.5. The highest BCUT2D eigenvalue weighted by Crippen LogP contribution is 2.42. The Kier molecular flexibility index (Phi) is 4.24. The lowest BCUT2D eigenvalue weighted by Crippen LogP contribution is -2.51. The van der Waals surface area contributed by atoms with Crippen LogP contribution in [0.15, 0.2) is 36.4 Å². The van der Waals surface area contributed by atoms with Gasteiger partial charge in [-0.15, -0.1) is 0 Å². The largest absolute Gasteiger partial charge is 0.486 e. The first-order valence-electron chi connectivity index (χ1n) is 9.95. The van der Waals surface area contributed by atoms with E-state index >= 15 is 0 Å². The van der Waals surface area contributed by atoms with Crippen LogP contribution in [0.4, 0.5) is 5.82 Å². The lowest BCUT2D eigenvalue weighted by molar-refractivity contribution is 0.0225. The number of piperidine rings is 1. The minimum Gasteiger partial charge on any atom is -0.486 e. The van der Waals surface area contributed by atoms with Crippen molar-refractivity contribution in [2.75, 3.05) is 18.0 Å². The van der Waals surface area contributed by atoms with Crippen LogP contribution in [0.3, 0.4) is 0 Å². The first kappa shape index (κ1) is 18.4. The molecule has 0 N–H and O–H groups in total. The van der Waals surface area contributed by atoms with Crippen molar-refractivity contribution in [1.82, 2.24) is 9.97 Å². The molecule has 1 fully saturated rings. The van der Waals surface area contributed by atoms with Gasteiger partial charge >= 0.3 is 0 Å². The molecule has 148 valence electrons. The molecule has 0 saturated carbocycles. The molecule has 1 spiro atoms. The predicted octanol–water partition coefficient (Wildman–Crippen LogP) is 4.90. The van der Waals surface area contributed by atoms with E-state index in [9.17, 15) is 4.79 Å². The summed E-state index contributed by atoms with van der Waals surface area (Å²) in [5, 5.41) is 0.414. The first-order valence-corrected chi connectivity index (χ1v) is 10.3. The van der Waals surface area contributed by atoms with Crippen molar-refractivity contribution < 1.29 is 9.53 Å². The van der Waals surface area contributed by atoms with Gasteiger partial charge in [-0.05, 0) is 43.2 Å². The molecule has 0 amide bonds. The number of anilines is 1. The van der Waals surface area contributed by atoms with Gasteiger partial charge in [0.05, 0.1) is 23.0 Å². The highest BCUT2D eigenvalue weighted by Gasteiger charge is 2.44. The predicted molar refractivity (Wildman–Crippen MR) is 114 cm³/mol. The Labute approximate surface area is 174 Å². The van der Waals surface area contributed by atoms with Crippen LogP contribution in [0.2, 0.25) is 5.15 Å². The minimum atomic E-state index is -0.447. The van der Waals surface area contributed by atoms with E-state index in [1.165, 1.54) is 0 Å². The van der Waals surface area contributed by atoms with E-state index < -0.39 is 5.60 Å². The normalized spacial score (nSPS) is 18.0. The number of ketones is 1. The van der Waals surface area contributed by atoms with Crippen molar-refractivity contribution >= 4 is 34.2 Å². The van der Waals surface area contributed by atoms with E-state index in [1.807, 2.05) is 44.2 Å². The number of carbonyl (C=O) groups is 1. The van der Waals surface area contributed by atoms with Gasteiger partial charge in [0.1, 0.15) is 11.4 Å². The molecule has 2 aliphatic rings. The lowest BCUT2D eigenvalue weighted by atomic mass is 9.81. The van der Waals surface area contributed by atoms with Crippen LogP contribution in [0.1, 0.15) is 40.7 Å². The van der Waals surface area contributed by atoms with Crippen LogP contribution in [-0.2, 0) is 0 Å². The molecule has 5 rings (SSSR count). The maximum Gasteiger partial charge on any atom is 0.172 e. The van der Waals surface area contributed by atoms with Gasteiger partial charge in [-0.25, -0.2) is 9.97 Å². The first-order chi connectivity index (χ1) is 13.9. The standard InChI is InChI=1S/C23H22ClN3O2/c1-14-11-15(2)20-16(12-14)19(28)13-23(29-20)7-9-27(10-8-23)22-21(24)25-17-5-3-4-6-18(17)26-22/h3-6,11-12H,7-10,13H2,1-2H3. The summed E-state index contributed by atoms with van der Waals surface area (Å²) in [5.74, 6) is 1.63. The Hall–Kier alpha value is -2.66. The Morgan fingerprint density at radius 3 is 2.48 bits per heavy atom. The van der Waals surface area contributed by atoms with Crippen LogP contribution in [0.5, 0.6) is 5.75 Å². The molecule has 2 aromatic carbocycles. The molecule has 3 aromatic rings. The van der Waals surface area contributed by atoms with Gasteiger partial charge < -0.3 is 9.64 Å². The molecule has 0 atom stereocenters. The maximum absolute atomic E-state index is 12.9. The Balaban J connectivity index is 1.41. The summed E-state index contributed by atoms with van der Waals surface area (Å²) in [6.07, 6.45) is 1.92. The number of rotatable bonds is 1. The molecular formula is C23H22ClN3O2. The van der Waals surface area contributed by atoms with Crippen molar-refractivity contribution in [3.8, 4) is 5.75 Å². The number of benzene rings is 2. The monoisotopic (exact) mass is 407 g/mol. The molecule has 1 saturated heterocycles. The number of fused-ring (bicyclic) bond motifs is 2. The average molecular weight is 408 g/mol. The molecule has 0 unspecified atom stereocenters. The van der Waals surface area contributed by atoms with Crippen molar-refractivity contribution in [3.05, 3.63) is 58.2 Å². The maximum atomic E-state index is 12.9. The average Bonchev–Trinajstić information content (AvgIpc) is 2.69. The molecule has 6 heteroatoms. The summed E-state index contributed by atoms with van der Waals surface area (Å²) in [6.45, 7) is 5.47. The summed E-state index contributed by atoms with van der Waals surface area (Å²) in [7, 11) is 0. The van der Waals surface area contributed by atoms with Gasteiger partial charge in [0.2, 0.25) is 0 Å². The Morgan fingerprint density at radius 1 is 1.07 bits per heavy atom. The van der Waals surface area contributed by atoms with Crippen LogP contribution in [0.25, 0.3) is 11.0 Å². The third kappa shape index (κ3) is 3.14. The summed E-state index contributed by atoms with van der Waals surface area (Å²) in [4.78, 5) is 24.3. The Bertz CT molecular complexity index is 1140. The third-order valence-electron chi connectivity index (χ3n) is 6.01. The summed E-state index contributed by atoms with van der Waals surface area (Å²) < 4.78 is 6.48. The molecule has 0 radical (unpaired) electrons. The van der Waals surface area contributed by atoms with E-state index in [2.05, 4.69) is 16.0 Å². The van der Waals surface area contributed by atoms with Gasteiger partial charge in [-0.3, -0.25) is 4.79 Å². The molecule has 29 heavy (non-hydrogen) atoms. The summed E-state index contributed by atoms with van der Waals surface area (Å²) >= 11 is 6.44. The van der Waals surface area contributed by atoms with Crippen molar-refractivity contribution in [2.45, 2.75) is 38.7 Å². The zero-order valence-corrected chi connectivity index (χ0v) is 17.3. The van der Waals surface area contributed by atoms with E-state index in [0.717, 1.165) is 59.4 Å². The van der Waals surface area contributed by atoms with Gasteiger partial charge in [0.15, 0.2) is 16.8 Å². The second kappa shape index (κ2) is 6.70. The molecule has 0 bridgehead atoms. The van der Waals surface area contributed by atoms with Crippen molar-refractivity contribution in [3.63, 3.8) is 0 Å². The zero-order chi connectivity index (χ0) is 20.2. The van der Waals surface area contributed by atoms with Gasteiger partial charge in [-0.2, -0.15) is 0 Å². The third-order valence-corrected chi connectivity index (χ3v) is 6.26. The summed E-state index contributed by atoms with van der Waals surface area (Å²) in [5.41, 5.74) is 4.01. The summed E-state index contributed by atoms with van der Waals surface area (Å²) in [6, 6.07) is 11.7.